The summed E-state index contributed by atoms with van der Waals surface area (Å²) in [4.78, 5) is 16.9. The van der Waals surface area contributed by atoms with Crippen molar-refractivity contribution in [3.05, 3.63) is 35.9 Å². The van der Waals surface area contributed by atoms with Crippen LogP contribution in [0.3, 0.4) is 0 Å². The second-order valence-electron chi connectivity index (χ2n) is 8.02. The van der Waals surface area contributed by atoms with Crippen molar-refractivity contribution < 1.29 is 9.53 Å². The molecule has 5 heteroatoms. The number of hydrogen-bond acceptors (Lipinski definition) is 3. The zero-order valence-electron chi connectivity index (χ0n) is 15.2. The Morgan fingerprint density at radius 3 is 2.44 bits per heavy atom. The largest absolute Gasteiger partial charge is 0.374 e. The van der Waals surface area contributed by atoms with Crippen LogP contribution >= 0.6 is 0 Å². The van der Waals surface area contributed by atoms with E-state index in [1.54, 1.807) is 0 Å². The Morgan fingerprint density at radius 2 is 1.84 bits per heavy atom. The van der Waals surface area contributed by atoms with E-state index in [0.29, 0.717) is 36.6 Å². The van der Waals surface area contributed by atoms with Gasteiger partial charge in [0, 0.05) is 37.5 Å². The Labute approximate surface area is 150 Å². The highest BCUT2D eigenvalue weighted by Gasteiger charge is 2.53. The lowest BCUT2D eigenvalue weighted by Crippen LogP contribution is -2.46. The molecule has 0 saturated carbocycles. The van der Waals surface area contributed by atoms with Crippen molar-refractivity contribution in [3.8, 4) is 0 Å². The average Bonchev–Trinajstić information content (AvgIpc) is 3.31. The minimum Gasteiger partial charge on any atom is -0.374 e. The van der Waals surface area contributed by atoms with Crippen molar-refractivity contribution in [2.45, 2.75) is 37.5 Å². The third-order valence-corrected chi connectivity index (χ3v) is 6.27. The minimum absolute atomic E-state index is 0.0914. The summed E-state index contributed by atoms with van der Waals surface area (Å²) in [6, 6.07) is 10.9. The van der Waals surface area contributed by atoms with Gasteiger partial charge < -0.3 is 19.9 Å². The van der Waals surface area contributed by atoms with Gasteiger partial charge in [-0.2, -0.15) is 0 Å². The molecule has 3 aliphatic heterocycles. The molecule has 3 heterocycles. The number of ether oxygens (including phenoxy) is 1. The lowest BCUT2D eigenvalue weighted by atomic mass is 9.82. The molecule has 0 aliphatic carbocycles. The van der Waals surface area contributed by atoms with Crippen molar-refractivity contribution in [2.75, 3.05) is 33.7 Å². The quantitative estimate of drug-likeness (QED) is 0.889. The van der Waals surface area contributed by atoms with Crippen LogP contribution in [0.1, 0.15) is 18.4 Å². The van der Waals surface area contributed by atoms with E-state index in [4.69, 9.17) is 4.74 Å². The molecule has 2 amide bonds. The predicted octanol–water partition coefficient (Wildman–Crippen LogP) is 1.98. The second-order valence-corrected chi connectivity index (χ2v) is 8.02. The molecule has 136 valence electrons. The number of amides is 2. The molecule has 2 bridgehead atoms. The first-order valence-electron chi connectivity index (χ1n) is 9.50. The maximum absolute atomic E-state index is 12.6. The highest BCUT2D eigenvalue weighted by atomic mass is 16.5. The molecule has 4 rings (SSSR count). The smallest absolute Gasteiger partial charge is 0.317 e. The van der Waals surface area contributed by atoms with Crippen molar-refractivity contribution >= 4 is 6.03 Å². The maximum atomic E-state index is 12.6. The van der Waals surface area contributed by atoms with E-state index >= 15 is 0 Å². The molecule has 3 aliphatic rings. The zero-order chi connectivity index (χ0) is 17.4. The Balaban J connectivity index is 1.30. The molecule has 25 heavy (non-hydrogen) atoms. The van der Waals surface area contributed by atoms with E-state index in [1.807, 2.05) is 11.0 Å². The highest BCUT2D eigenvalue weighted by Crippen LogP contribution is 2.47. The van der Waals surface area contributed by atoms with Crippen LogP contribution in [0, 0.1) is 11.8 Å². The number of likely N-dealkylation sites (tertiary alicyclic amines) is 1. The molecule has 0 aromatic heterocycles. The number of carbonyl (C=O) groups is 1. The first-order valence-corrected chi connectivity index (χ1v) is 9.50. The Hall–Kier alpha value is -1.59. The van der Waals surface area contributed by atoms with Crippen LogP contribution in [0.4, 0.5) is 4.79 Å². The van der Waals surface area contributed by atoms with Gasteiger partial charge in [0.25, 0.3) is 0 Å². The summed E-state index contributed by atoms with van der Waals surface area (Å²) >= 11 is 0. The molecule has 1 N–H and O–H groups in total. The third kappa shape index (κ3) is 3.40. The van der Waals surface area contributed by atoms with Crippen molar-refractivity contribution in [2.24, 2.45) is 11.8 Å². The number of hydrogen-bond donors (Lipinski definition) is 1. The Morgan fingerprint density at radius 1 is 1.20 bits per heavy atom. The normalized spacial score (nSPS) is 31.4. The average molecular weight is 343 g/mol. The predicted molar refractivity (Wildman–Crippen MR) is 97.5 cm³/mol. The van der Waals surface area contributed by atoms with Crippen LogP contribution in [0.15, 0.2) is 30.3 Å². The summed E-state index contributed by atoms with van der Waals surface area (Å²) in [7, 11) is 4.16. The number of nitrogens with zero attached hydrogens (tertiary/aromatic N) is 2. The summed E-state index contributed by atoms with van der Waals surface area (Å²) in [6.45, 7) is 2.40. The van der Waals surface area contributed by atoms with Crippen molar-refractivity contribution in [1.29, 1.82) is 0 Å². The van der Waals surface area contributed by atoms with E-state index < -0.39 is 0 Å². The van der Waals surface area contributed by atoms with Crippen LogP contribution in [-0.2, 0) is 11.2 Å². The van der Waals surface area contributed by atoms with Gasteiger partial charge in [-0.05, 0) is 38.9 Å². The minimum atomic E-state index is 0.0914. The number of fused-ring (bicyclic) bond motifs is 5. The first-order chi connectivity index (χ1) is 12.1. The van der Waals surface area contributed by atoms with Crippen LogP contribution in [0.5, 0.6) is 0 Å². The first kappa shape index (κ1) is 16.9. The summed E-state index contributed by atoms with van der Waals surface area (Å²) in [5.41, 5.74) is 1.31. The number of benzene rings is 1. The third-order valence-electron chi connectivity index (χ3n) is 6.27. The Kier molecular flexibility index (Phi) is 4.69. The molecule has 5 atom stereocenters. The fraction of sp³-hybridized carbons (Fsp3) is 0.650. The van der Waals surface area contributed by atoms with Crippen LogP contribution in [-0.4, -0.2) is 67.8 Å². The van der Waals surface area contributed by atoms with Gasteiger partial charge in [-0.1, -0.05) is 30.3 Å². The fourth-order valence-electron chi connectivity index (χ4n) is 4.77. The van der Waals surface area contributed by atoms with Crippen LogP contribution < -0.4 is 5.32 Å². The SMILES string of the molecule is CN(C)[C@@H](CNC(=O)N1C[C@@H]2[C@H](C1)[C@H]1CC[C@H]2O1)Cc1ccccc1. The molecule has 0 radical (unpaired) electrons. The van der Waals surface area contributed by atoms with Gasteiger partial charge in [-0.3, -0.25) is 0 Å². The highest BCUT2D eigenvalue weighted by molar-refractivity contribution is 5.74. The van der Waals surface area contributed by atoms with Gasteiger partial charge in [0.05, 0.1) is 12.2 Å². The van der Waals surface area contributed by atoms with Gasteiger partial charge in [0.15, 0.2) is 0 Å². The van der Waals surface area contributed by atoms with E-state index in [9.17, 15) is 4.79 Å². The number of carbonyl (C=O) groups excluding carboxylic acids is 1. The van der Waals surface area contributed by atoms with Gasteiger partial charge in [-0.25, -0.2) is 4.79 Å². The molecular weight excluding hydrogens is 314 g/mol. The topological polar surface area (TPSA) is 44.8 Å². The lowest BCUT2D eigenvalue weighted by molar-refractivity contribution is 0.0738. The maximum Gasteiger partial charge on any atom is 0.317 e. The molecule has 3 fully saturated rings. The number of rotatable bonds is 5. The molecule has 0 unspecified atom stereocenters. The summed E-state index contributed by atoms with van der Waals surface area (Å²) in [6.07, 6.45) is 4.11. The summed E-state index contributed by atoms with van der Waals surface area (Å²) in [5.74, 6) is 1.14. The second kappa shape index (κ2) is 6.96. The van der Waals surface area contributed by atoms with E-state index in [1.165, 1.54) is 18.4 Å². The van der Waals surface area contributed by atoms with Gasteiger partial charge in [0.1, 0.15) is 0 Å². The summed E-state index contributed by atoms with van der Waals surface area (Å²) < 4.78 is 6.00. The Bertz CT molecular complexity index is 588. The number of likely N-dealkylation sites (N-methyl/N-ethyl adjacent to an activating group) is 1. The molecule has 1 aromatic carbocycles. The van der Waals surface area contributed by atoms with Gasteiger partial charge >= 0.3 is 6.03 Å². The zero-order valence-corrected chi connectivity index (χ0v) is 15.2. The number of urea groups is 1. The molecule has 0 spiro atoms. The van der Waals surface area contributed by atoms with Crippen LogP contribution in [0.25, 0.3) is 0 Å². The monoisotopic (exact) mass is 343 g/mol. The summed E-state index contributed by atoms with van der Waals surface area (Å²) in [5, 5.41) is 3.17. The van der Waals surface area contributed by atoms with E-state index in [2.05, 4.69) is 48.6 Å². The van der Waals surface area contributed by atoms with Crippen LogP contribution in [0.2, 0.25) is 0 Å². The van der Waals surface area contributed by atoms with Crippen molar-refractivity contribution in [3.63, 3.8) is 0 Å². The molecule has 3 saturated heterocycles. The molecule has 1 aromatic rings. The van der Waals surface area contributed by atoms with E-state index in [0.717, 1.165) is 19.5 Å². The molecule has 5 nitrogen and oxygen atoms in total. The lowest BCUT2D eigenvalue weighted by Gasteiger charge is -2.26. The molecular formula is C20H29N3O2. The number of nitrogens with one attached hydrogen (secondary N) is 1. The van der Waals surface area contributed by atoms with Gasteiger partial charge in [0.2, 0.25) is 0 Å². The van der Waals surface area contributed by atoms with Crippen molar-refractivity contribution in [1.82, 2.24) is 15.1 Å². The van der Waals surface area contributed by atoms with E-state index in [-0.39, 0.29) is 6.03 Å². The standard InChI is InChI=1S/C20H29N3O2/c1-22(2)15(10-14-6-4-3-5-7-14)11-21-20(24)23-12-16-17(13-23)19-9-8-18(16)25-19/h3-7,15-19H,8-13H2,1-2H3,(H,21,24)/t15-,16-,17+,18-,19-/m1/s1. The fourth-order valence-corrected chi connectivity index (χ4v) is 4.77. The van der Waals surface area contributed by atoms with Gasteiger partial charge in [-0.15, -0.1) is 0 Å².